The van der Waals surface area contributed by atoms with Crippen LogP contribution in [0, 0.1) is 17.2 Å². The second-order valence-electron chi connectivity index (χ2n) is 8.80. The summed E-state index contributed by atoms with van der Waals surface area (Å²) in [7, 11) is 0. The smallest absolute Gasteiger partial charge is 0.223 e. The van der Waals surface area contributed by atoms with Crippen molar-refractivity contribution in [1.29, 1.82) is 0 Å². The number of hydrogen-bond acceptors (Lipinski definition) is 2. The molecule has 1 heterocycles. The summed E-state index contributed by atoms with van der Waals surface area (Å²) in [5.74, 6) is 0.474. The largest absolute Gasteiger partial charge is 0.352 e. The van der Waals surface area contributed by atoms with E-state index < -0.39 is 0 Å². The maximum atomic E-state index is 13.8. The second kappa shape index (κ2) is 7.66. The second-order valence-corrected chi connectivity index (χ2v) is 9.24. The molecule has 5 heteroatoms. The van der Waals surface area contributed by atoms with E-state index in [1.807, 2.05) is 36.5 Å². The van der Waals surface area contributed by atoms with Gasteiger partial charge in [-0.3, -0.25) is 9.78 Å². The van der Waals surface area contributed by atoms with E-state index in [1.54, 1.807) is 12.1 Å². The SMILES string of the molecule is O=C(NCc1ccc(Cl)cc1)[C@H]1CC12CCC(c1ccnc3ccc(F)cc13)CC2. The molecule has 2 aromatic carbocycles. The maximum absolute atomic E-state index is 13.8. The standard InChI is InChI=1S/C25H24ClFN2O/c26-18-3-1-16(2-4-18)15-29-24(30)22-14-25(22)10-7-17(8-11-25)20-9-12-28-23-6-5-19(27)13-21(20)23/h1-6,9,12-13,17,22H,7-8,10-11,14-15H2,(H,29,30)/t17?,22-,25?/m1/s1. The number of hydrogen-bond donors (Lipinski definition) is 1. The van der Waals surface area contributed by atoms with Gasteiger partial charge in [0.1, 0.15) is 5.82 Å². The Labute approximate surface area is 180 Å². The summed E-state index contributed by atoms with van der Waals surface area (Å²) in [6.45, 7) is 0.541. The van der Waals surface area contributed by atoms with Gasteiger partial charge in [-0.15, -0.1) is 0 Å². The fraction of sp³-hybridized carbons (Fsp3) is 0.360. The molecule has 1 atom stereocenters. The summed E-state index contributed by atoms with van der Waals surface area (Å²) in [6, 6.07) is 14.4. The predicted molar refractivity (Wildman–Crippen MR) is 117 cm³/mol. The molecule has 0 radical (unpaired) electrons. The highest BCUT2D eigenvalue weighted by molar-refractivity contribution is 6.30. The van der Waals surface area contributed by atoms with Crippen molar-refractivity contribution in [3.05, 3.63) is 76.7 Å². The highest BCUT2D eigenvalue weighted by Crippen LogP contribution is 2.63. The quantitative estimate of drug-likeness (QED) is 0.559. The van der Waals surface area contributed by atoms with E-state index in [4.69, 9.17) is 11.6 Å². The van der Waals surface area contributed by atoms with Crippen LogP contribution in [0.2, 0.25) is 5.02 Å². The summed E-state index contributed by atoms with van der Waals surface area (Å²) in [6.07, 6.45) is 6.99. The molecule has 3 nitrogen and oxygen atoms in total. The van der Waals surface area contributed by atoms with Crippen molar-refractivity contribution in [2.75, 3.05) is 0 Å². The maximum Gasteiger partial charge on any atom is 0.223 e. The molecule has 3 aromatic rings. The molecule has 0 saturated heterocycles. The van der Waals surface area contributed by atoms with Crippen molar-refractivity contribution >= 4 is 28.4 Å². The lowest BCUT2D eigenvalue weighted by Gasteiger charge is -2.30. The number of carbonyl (C=O) groups is 1. The summed E-state index contributed by atoms with van der Waals surface area (Å²) >= 11 is 5.92. The van der Waals surface area contributed by atoms with Gasteiger partial charge >= 0.3 is 0 Å². The van der Waals surface area contributed by atoms with Gasteiger partial charge in [-0.25, -0.2) is 4.39 Å². The van der Waals surface area contributed by atoms with Gasteiger partial charge in [-0.05, 0) is 91.0 Å². The fourth-order valence-electron chi connectivity index (χ4n) is 5.19. The average molecular weight is 423 g/mol. The Morgan fingerprint density at radius 3 is 2.67 bits per heavy atom. The molecule has 30 heavy (non-hydrogen) atoms. The van der Waals surface area contributed by atoms with Gasteiger partial charge in [0.25, 0.3) is 0 Å². The summed E-state index contributed by atoms with van der Waals surface area (Å²) in [5.41, 5.74) is 3.26. The van der Waals surface area contributed by atoms with E-state index in [0.29, 0.717) is 17.5 Å². The molecule has 2 aliphatic rings. The number of benzene rings is 2. The molecule has 1 amide bonds. The van der Waals surface area contributed by atoms with E-state index in [9.17, 15) is 9.18 Å². The predicted octanol–water partition coefficient (Wildman–Crippen LogP) is 6.01. The van der Waals surface area contributed by atoms with Gasteiger partial charge in [0, 0.05) is 29.1 Å². The first kappa shape index (κ1) is 19.5. The molecule has 154 valence electrons. The van der Waals surface area contributed by atoms with Crippen molar-refractivity contribution in [2.24, 2.45) is 11.3 Å². The molecular weight excluding hydrogens is 399 g/mol. The Balaban J connectivity index is 1.21. The Kier molecular flexibility index (Phi) is 4.98. The molecule has 1 N–H and O–H groups in total. The lowest BCUT2D eigenvalue weighted by Crippen LogP contribution is -2.28. The summed E-state index contributed by atoms with van der Waals surface area (Å²) in [4.78, 5) is 17.1. The minimum atomic E-state index is -0.219. The zero-order valence-corrected chi connectivity index (χ0v) is 17.5. The molecule has 0 bridgehead atoms. The van der Waals surface area contributed by atoms with Crippen LogP contribution in [0.15, 0.2) is 54.7 Å². The number of fused-ring (bicyclic) bond motifs is 1. The van der Waals surface area contributed by atoms with Crippen LogP contribution in [0.3, 0.4) is 0 Å². The topological polar surface area (TPSA) is 42.0 Å². The molecule has 0 aliphatic heterocycles. The van der Waals surface area contributed by atoms with Gasteiger partial charge in [-0.1, -0.05) is 23.7 Å². The van der Waals surface area contributed by atoms with Gasteiger partial charge in [0.15, 0.2) is 0 Å². The fourth-order valence-corrected chi connectivity index (χ4v) is 5.31. The Morgan fingerprint density at radius 2 is 1.90 bits per heavy atom. The van der Waals surface area contributed by atoms with E-state index >= 15 is 0 Å². The first-order valence-electron chi connectivity index (χ1n) is 10.6. The third kappa shape index (κ3) is 3.69. The van der Waals surface area contributed by atoms with Crippen molar-refractivity contribution in [3.63, 3.8) is 0 Å². The van der Waals surface area contributed by atoms with Gasteiger partial charge in [0.05, 0.1) is 5.52 Å². The number of nitrogens with zero attached hydrogens (tertiary/aromatic N) is 1. The number of nitrogens with one attached hydrogen (secondary N) is 1. The molecular formula is C25H24ClFN2O. The summed E-state index contributed by atoms with van der Waals surface area (Å²) in [5, 5.41) is 4.72. The highest BCUT2D eigenvalue weighted by atomic mass is 35.5. The Morgan fingerprint density at radius 1 is 1.13 bits per heavy atom. The normalized spacial score (nSPS) is 25.4. The monoisotopic (exact) mass is 422 g/mol. The first-order valence-corrected chi connectivity index (χ1v) is 11.0. The lowest BCUT2D eigenvalue weighted by atomic mass is 9.75. The molecule has 5 rings (SSSR count). The van der Waals surface area contributed by atoms with Crippen molar-refractivity contribution in [1.82, 2.24) is 10.3 Å². The van der Waals surface area contributed by atoms with E-state index in [1.165, 1.54) is 11.6 Å². The third-order valence-electron chi connectivity index (χ3n) is 7.04. The average Bonchev–Trinajstić information content (AvgIpc) is 3.46. The van der Waals surface area contributed by atoms with E-state index in [0.717, 1.165) is 48.6 Å². The van der Waals surface area contributed by atoms with Crippen LogP contribution >= 0.6 is 11.6 Å². The number of pyridine rings is 1. The van der Waals surface area contributed by atoms with Crippen LogP contribution in [0.25, 0.3) is 10.9 Å². The van der Waals surface area contributed by atoms with Crippen LogP contribution in [0.5, 0.6) is 0 Å². The van der Waals surface area contributed by atoms with Gasteiger partial charge < -0.3 is 5.32 Å². The third-order valence-corrected chi connectivity index (χ3v) is 7.30. The Bertz CT molecular complexity index is 1090. The summed E-state index contributed by atoms with van der Waals surface area (Å²) < 4.78 is 13.8. The molecule has 2 fully saturated rings. The number of carbonyl (C=O) groups excluding carboxylic acids is 1. The van der Waals surface area contributed by atoms with Crippen molar-refractivity contribution in [2.45, 2.75) is 44.6 Å². The lowest BCUT2D eigenvalue weighted by molar-refractivity contribution is -0.123. The number of halogens is 2. The number of aromatic nitrogens is 1. The van der Waals surface area contributed by atoms with Gasteiger partial charge in [-0.2, -0.15) is 0 Å². The first-order chi connectivity index (χ1) is 14.5. The minimum absolute atomic E-state index is 0.123. The van der Waals surface area contributed by atoms with Crippen LogP contribution in [0.4, 0.5) is 4.39 Å². The molecule has 1 spiro atoms. The molecule has 2 aliphatic carbocycles. The number of rotatable bonds is 4. The van der Waals surface area contributed by atoms with Crippen LogP contribution < -0.4 is 5.32 Å². The van der Waals surface area contributed by atoms with Crippen LogP contribution in [-0.4, -0.2) is 10.9 Å². The van der Waals surface area contributed by atoms with E-state index in [-0.39, 0.29) is 23.1 Å². The zero-order chi connectivity index (χ0) is 20.7. The highest BCUT2D eigenvalue weighted by Gasteiger charge is 2.58. The minimum Gasteiger partial charge on any atom is -0.352 e. The zero-order valence-electron chi connectivity index (χ0n) is 16.7. The molecule has 1 aromatic heterocycles. The van der Waals surface area contributed by atoms with Gasteiger partial charge in [0.2, 0.25) is 5.91 Å². The van der Waals surface area contributed by atoms with Crippen molar-refractivity contribution < 1.29 is 9.18 Å². The van der Waals surface area contributed by atoms with Crippen LogP contribution in [0.1, 0.15) is 49.1 Å². The van der Waals surface area contributed by atoms with Crippen molar-refractivity contribution in [3.8, 4) is 0 Å². The molecule has 0 unspecified atom stereocenters. The number of amides is 1. The van der Waals surface area contributed by atoms with Crippen LogP contribution in [-0.2, 0) is 11.3 Å². The van der Waals surface area contributed by atoms with E-state index in [2.05, 4.69) is 10.3 Å². The Hall–Kier alpha value is -2.46. The molecule has 2 saturated carbocycles.